The predicted octanol–water partition coefficient (Wildman–Crippen LogP) is 4.53. The van der Waals surface area contributed by atoms with Crippen LogP contribution in [0.1, 0.15) is 10.4 Å². The Kier molecular flexibility index (Phi) is 5.62. The lowest BCUT2D eigenvalue weighted by atomic mass is 10.2. The molecule has 0 radical (unpaired) electrons. The molecule has 27 heavy (non-hydrogen) atoms. The number of hydrogen-bond acceptors (Lipinski definition) is 3. The van der Waals surface area contributed by atoms with Gasteiger partial charge in [-0.3, -0.25) is 9.10 Å². The summed E-state index contributed by atoms with van der Waals surface area (Å²) < 4.78 is 27.8. The fraction of sp³-hybridized carbons (Fsp3) is 0.0500. The summed E-state index contributed by atoms with van der Waals surface area (Å²) in [7, 11) is -2.30. The lowest BCUT2D eigenvalue weighted by molar-refractivity contribution is 0.102. The van der Waals surface area contributed by atoms with Crippen molar-refractivity contribution in [1.82, 2.24) is 0 Å². The SMILES string of the molecule is CN(c1ccccc1)S(=O)(=O)c1cccc(C(=O)Nc2cccc(Br)c2)c1. The van der Waals surface area contributed by atoms with Gasteiger partial charge in [0.05, 0.1) is 10.6 Å². The molecule has 0 saturated heterocycles. The number of nitrogens with one attached hydrogen (secondary N) is 1. The Morgan fingerprint density at radius 1 is 0.926 bits per heavy atom. The van der Waals surface area contributed by atoms with E-state index in [1.165, 1.54) is 23.5 Å². The number of rotatable bonds is 5. The van der Waals surface area contributed by atoms with Gasteiger partial charge in [-0.2, -0.15) is 0 Å². The zero-order chi connectivity index (χ0) is 19.4. The summed E-state index contributed by atoms with van der Waals surface area (Å²) >= 11 is 3.35. The van der Waals surface area contributed by atoms with E-state index in [-0.39, 0.29) is 16.4 Å². The highest BCUT2D eigenvalue weighted by Crippen LogP contribution is 2.23. The quantitative estimate of drug-likeness (QED) is 0.628. The summed E-state index contributed by atoms with van der Waals surface area (Å²) in [6.07, 6.45) is 0. The van der Waals surface area contributed by atoms with Crippen molar-refractivity contribution in [2.24, 2.45) is 0 Å². The van der Waals surface area contributed by atoms with Gasteiger partial charge in [0.1, 0.15) is 0 Å². The molecule has 1 N–H and O–H groups in total. The molecule has 0 aromatic heterocycles. The van der Waals surface area contributed by atoms with Crippen molar-refractivity contribution >= 4 is 43.2 Å². The summed E-state index contributed by atoms with van der Waals surface area (Å²) in [6, 6.07) is 21.9. The van der Waals surface area contributed by atoms with Gasteiger partial charge in [-0.15, -0.1) is 0 Å². The summed E-state index contributed by atoms with van der Waals surface area (Å²) in [5.74, 6) is -0.382. The Balaban J connectivity index is 1.87. The first-order valence-electron chi connectivity index (χ1n) is 8.09. The van der Waals surface area contributed by atoms with Gasteiger partial charge in [-0.25, -0.2) is 8.42 Å². The second kappa shape index (κ2) is 7.94. The molecule has 0 aliphatic carbocycles. The first-order chi connectivity index (χ1) is 12.9. The minimum atomic E-state index is -3.78. The van der Waals surface area contributed by atoms with Crippen LogP contribution in [0.25, 0.3) is 0 Å². The van der Waals surface area contributed by atoms with E-state index in [2.05, 4.69) is 21.2 Å². The van der Waals surface area contributed by atoms with Gasteiger partial charge in [0.2, 0.25) is 0 Å². The van der Waals surface area contributed by atoms with E-state index in [0.717, 1.165) is 4.47 Å². The van der Waals surface area contributed by atoms with E-state index >= 15 is 0 Å². The summed E-state index contributed by atoms with van der Waals surface area (Å²) in [4.78, 5) is 12.6. The summed E-state index contributed by atoms with van der Waals surface area (Å²) in [5, 5.41) is 2.76. The molecule has 0 aliphatic rings. The molecule has 0 aliphatic heterocycles. The fourth-order valence-electron chi connectivity index (χ4n) is 2.50. The molecule has 138 valence electrons. The third-order valence-corrected chi connectivity index (χ3v) is 6.23. The normalized spacial score (nSPS) is 11.0. The summed E-state index contributed by atoms with van der Waals surface area (Å²) in [5.41, 5.74) is 1.42. The Labute approximate surface area is 166 Å². The van der Waals surface area contributed by atoms with Gasteiger partial charge in [0.15, 0.2) is 0 Å². The Hall–Kier alpha value is -2.64. The highest BCUT2D eigenvalue weighted by Gasteiger charge is 2.22. The minimum Gasteiger partial charge on any atom is -0.322 e. The molecule has 3 rings (SSSR count). The van der Waals surface area contributed by atoms with Crippen LogP contribution >= 0.6 is 15.9 Å². The fourth-order valence-corrected chi connectivity index (χ4v) is 4.14. The second-order valence-electron chi connectivity index (χ2n) is 5.80. The van der Waals surface area contributed by atoms with Gasteiger partial charge in [-0.05, 0) is 48.5 Å². The van der Waals surface area contributed by atoms with Crippen LogP contribution in [0.2, 0.25) is 0 Å². The topological polar surface area (TPSA) is 66.5 Å². The van der Waals surface area contributed by atoms with E-state index in [4.69, 9.17) is 0 Å². The Morgan fingerprint density at radius 3 is 2.33 bits per heavy atom. The molecular weight excluding hydrogens is 428 g/mol. The van der Waals surface area contributed by atoms with Crippen molar-refractivity contribution in [3.63, 3.8) is 0 Å². The van der Waals surface area contributed by atoms with Crippen molar-refractivity contribution in [1.29, 1.82) is 0 Å². The number of hydrogen-bond donors (Lipinski definition) is 1. The molecular formula is C20H17BrN2O3S. The molecule has 0 unspecified atom stereocenters. The number of para-hydroxylation sites is 1. The van der Waals surface area contributed by atoms with Crippen molar-refractivity contribution in [2.75, 3.05) is 16.7 Å². The van der Waals surface area contributed by atoms with Crippen molar-refractivity contribution in [3.05, 3.63) is 88.9 Å². The van der Waals surface area contributed by atoms with Crippen LogP contribution in [-0.2, 0) is 10.0 Å². The number of nitrogens with zero attached hydrogens (tertiary/aromatic N) is 1. The molecule has 7 heteroatoms. The molecule has 0 saturated carbocycles. The number of anilines is 2. The molecule has 0 bridgehead atoms. The first-order valence-corrected chi connectivity index (χ1v) is 10.3. The zero-order valence-corrected chi connectivity index (χ0v) is 16.9. The van der Waals surface area contributed by atoms with Gasteiger partial charge in [0, 0.05) is 22.8 Å². The molecule has 5 nitrogen and oxygen atoms in total. The molecule has 3 aromatic carbocycles. The maximum Gasteiger partial charge on any atom is 0.264 e. The number of amides is 1. The molecule has 0 fully saturated rings. The second-order valence-corrected chi connectivity index (χ2v) is 8.69. The van der Waals surface area contributed by atoms with E-state index in [1.54, 1.807) is 54.6 Å². The van der Waals surface area contributed by atoms with Crippen LogP contribution in [0.4, 0.5) is 11.4 Å². The maximum atomic E-state index is 12.9. The third-order valence-electron chi connectivity index (χ3n) is 3.96. The number of carbonyl (C=O) groups is 1. The van der Waals surface area contributed by atoms with Crippen LogP contribution in [-0.4, -0.2) is 21.4 Å². The number of halogens is 1. The standard InChI is InChI=1S/C20H17BrN2O3S/c1-23(18-10-3-2-4-11-18)27(25,26)19-12-5-7-15(13-19)20(24)22-17-9-6-8-16(21)14-17/h2-14H,1H3,(H,22,24). The lowest BCUT2D eigenvalue weighted by Gasteiger charge is -2.19. The molecule has 0 spiro atoms. The van der Waals surface area contributed by atoms with Crippen LogP contribution in [0.3, 0.4) is 0 Å². The van der Waals surface area contributed by atoms with E-state index in [9.17, 15) is 13.2 Å². The van der Waals surface area contributed by atoms with E-state index in [1.807, 2.05) is 12.1 Å². The van der Waals surface area contributed by atoms with Gasteiger partial charge in [-0.1, -0.05) is 46.3 Å². The number of carbonyl (C=O) groups excluding carboxylic acids is 1. The Bertz CT molecular complexity index is 1070. The summed E-state index contributed by atoms with van der Waals surface area (Å²) in [6.45, 7) is 0. The average molecular weight is 445 g/mol. The molecule has 1 amide bonds. The van der Waals surface area contributed by atoms with Crippen molar-refractivity contribution in [2.45, 2.75) is 4.90 Å². The minimum absolute atomic E-state index is 0.0516. The first kappa shape index (κ1) is 19.1. The molecule has 0 atom stereocenters. The van der Waals surface area contributed by atoms with Crippen molar-refractivity contribution < 1.29 is 13.2 Å². The van der Waals surface area contributed by atoms with Gasteiger partial charge >= 0.3 is 0 Å². The predicted molar refractivity (Wildman–Crippen MR) is 111 cm³/mol. The molecule has 0 heterocycles. The van der Waals surface area contributed by atoms with Crippen molar-refractivity contribution in [3.8, 4) is 0 Å². The monoisotopic (exact) mass is 444 g/mol. The lowest BCUT2D eigenvalue weighted by Crippen LogP contribution is -2.26. The molecule has 3 aromatic rings. The van der Waals surface area contributed by atoms with Gasteiger partial charge in [0.25, 0.3) is 15.9 Å². The van der Waals surface area contributed by atoms with Crippen LogP contribution in [0.5, 0.6) is 0 Å². The number of benzene rings is 3. The third kappa shape index (κ3) is 4.37. The van der Waals surface area contributed by atoms with Gasteiger partial charge < -0.3 is 5.32 Å². The van der Waals surface area contributed by atoms with Crippen LogP contribution < -0.4 is 9.62 Å². The van der Waals surface area contributed by atoms with Crippen LogP contribution in [0.15, 0.2) is 88.2 Å². The smallest absolute Gasteiger partial charge is 0.264 e. The largest absolute Gasteiger partial charge is 0.322 e. The highest BCUT2D eigenvalue weighted by molar-refractivity contribution is 9.10. The van der Waals surface area contributed by atoms with Crippen LogP contribution in [0, 0.1) is 0 Å². The number of sulfonamides is 1. The highest BCUT2D eigenvalue weighted by atomic mass is 79.9. The van der Waals surface area contributed by atoms with E-state index in [0.29, 0.717) is 11.4 Å². The Morgan fingerprint density at radius 2 is 1.63 bits per heavy atom. The van der Waals surface area contributed by atoms with E-state index < -0.39 is 10.0 Å². The maximum absolute atomic E-state index is 12.9. The average Bonchev–Trinajstić information content (AvgIpc) is 2.68. The zero-order valence-electron chi connectivity index (χ0n) is 14.5.